The second kappa shape index (κ2) is 7.62. The first-order valence-corrected chi connectivity index (χ1v) is 8.39. The van der Waals surface area contributed by atoms with Crippen LogP contribution < -0.4 is 5.32 Å². The molecule has 0 radical (unpaired) electrons. The summed E-state index contributed by atoms with van der Waals surface area (Å²) in [6, 6.07) is 9.04. The van der Waals surface area contributed by atoms with Crippen LogP contribution in [0.1, 0.15) is 45.1 Å². The van der Waals surface area contributed by atoms with Crippen LogP contribution in [-0.2, 0) is 11.2 Å². The summed E-state index contributed by atoms with van der Waals surface area (Å²) < 4.78 is 5.55. The number of halogens is 1. The van der Waals surface area contributed by atoms with E-state index in [0.29, 0.717) is 5.92 Å². The molecule has 1 aliphatic carbocycles. The molecular formula is C18H28ClNO. The number of ether oxygens (including phenoxy) is 1. The summed E-state index contributed by atoms with van der Waals surface area (Å²) in [5.74, 6) is 0.654. The third-order valence-electron chi connectivity index (χ3n) is 4.42. The van der Waals surface area contributed by atoms with Gasteiger partial charge in [0.2, 0.25) is 0 Å². The molecule has 1 saturated carbocycles. The van der Waals surface area contributed by atoms with Gasteiger partial charge in [0.05, 0.1) is 5.60 Å². The molecule has 1 N–H and O–H groups in total. The van der Waals surface area contributed by atoms with Crippen LogP contribution in [-0.4, -0.2) is 25.3 Å². The molecule has 1 aromatic rings. The van der Waals surface area contributed by atoms with Crippen molar-refractivity contribution in [3.63, 3.8) is 0 Å². The summed E-state index contributed by atoms with van der Waals surface area (Å²) in [4.78, 5) is 0. The first-order chi connectivity index (χ1) is 9.98. The lowest BCUT2D eigenvalue weighted by molar-refractivity contribution is 0.0103. The molecule has 1 atom stereocenters. The number of benzene rings is 1. The Morgan fingerprint density at radius 2 is 1.95 bits per heavy atom. The van der Waals surface area contributed by atoms with Gasteiger partial charge in [-0.2, -0.15) is 0 Å². The number of hydrogen-bond donors (Lipinski definition) is 1. The van der Waals surface area contributed by atoms with E-state index in [2.05, 4.69) is 31.3 Å². The van der Waals surface area contributed by atoms with Gasteiger partial charge in [0, 0.05) is 18.2 Å². The van der Waals surface area contributed by atoms with Crippen molar-refractivity contribution >= 4 is 11.6 Å². The van der Waals surface area contributed by atoms with E-state index in [-0.39, 0.29) is 5.60 Å². The zero-order valence-electron chi connectivity index (χ0n) is 13.5. The molecule has 21 heavy (non-hydrogen) atoms. The van der Waals surface area contributed by atoms with Crippen molar-refractivity contribution in [1.29, 1.82) is 0 Å². The van der Waals surface area contributed by atoms with Gasteiger partial charge in [0.1, 0.15) is 0 Å². The molecule has 0 heterocycles. The maximum Gasteiger partial charge on any atom is 0.0622 e. The summed E-state index contributed by atoms with van der Waals surface area (Å²) in [6.07, 6.45) is 6.07. The van der Waals surface area contributed by atoms with Crippen molar-refractivity contribution in [2.24, 2.45) is 5.92 Å². The second-order valence-corrected chi connectivity index (χ2v) is 7.32. The van der Waals surface area contributed by atoms with Crippen molar-refractivity contribution in [3.8, 4) is 0 Å². The number of nitrogens with one attached hydrogen (secondary N) is 1. The number of hydrogen-bond acceptors (Lipinski definition) is 2. The largest absolute Gasteiger partial charge is 0.379 e. The summed E-state index contributed by atoms with van der Waals surface area (Å²) in [5, 5.41) is 4.49. The average Bonchev–Trinajstić information content (AvgIpc) is 3.28. The van der Waals surface area contributed by atoms with Crippen LogP contribution in [0.15, 0.2) is 24.3 Å². The Morgan fingerprint density at radius 3 is 2.52 bits per heavy atom. The van der Waals surface area contributed by atoms with Crippen LogP contribution in [0.2, 0.25) is 5.02 Å². The molecule has 1 aliphatic rings. The molecule has 0 aliphatic heterocycles. The maximum absolute atomic E-state index is 5.97. The number of rotatable bonds is 9. The van der Waals surface area contributed by atoms with E-state index in [1.807, 2.05) is 12.1 Å². The Balaban J connectivity index is 1.88. The molecule has 0 bridgehead atoms. The molecule has 0 saturated heterocycles. The third kappa shape index (κ3) is 6.37. The highest BCUT2D eigenvalue weighted by molar-refractivity contribution is 6.30. The SMILES string of the molecule is COC(C)(C)CCC(CNC1CC1)Cc1ccc(Cl)cc1. The lowest BCUT2D eigenvalue weighted by atomic mass is 9.90. The lowest BCUT2D eigenvalue weighted by Gasteiger charge is -2.26. The Hall–Kier alpha value is -0.570. The minimum absolute atomic E-state index is 0.0299. The van der Waals surface area contributed by atoms with Crippen LogP contribution in [0.5, 0.6) is 0 Å². The van der Waals surface area contributed by atoms with E-state index in [9.17, 15) is 0 Å². The van der Waals surface area contributed by atoms with Gasteiger partial charge in [-0.15, -0.1) is 0 Å². The molecule has 118 valence electrons. The predicted octanol–water partition coefficient (Wildman–Crippen LogP) is 4.46. The molecule has 0 spiro atoms. The van der Waals surface area contributed by atoms with E-state index in [0.717, 1.165) is 30.5 Å². The predicted molar refractivity (Wildman–Crippen MR) is 90.0 cm³/mol. The highest BCUT2D eigenvalue weighted by Crippen LogP contribution is 2.24. The molecule has 2 nitrogen and oxygen atoms in total. The summed E-state index contributed by atoms with van der Waals surface area (Å²) in [5.41, 5.74) is 1.34. The van der Waals surface area contributed by atoms with E-state index in [4.69, 9.17) is 16.3 Å². The zero-order chi connectivity index (χ0) is 15.3. The highest BCUT2D eigenvalue weighted by atomic mass is 35.5. The van der Waals surface area contributed by atoms with Crippen molar-refractivity contribution in [2.75, 3.05) is 13.7 Å². The molecule has 2 rings (SSSR count). The Bertz CT molecular complexity index is 425. The van der Waals surface area contributed by atoms with Crippen LogP contribution in [0.25, 0.3) is 0 Å². The summed E-state index contributed by atoms with van der Waals surface area (Å²) in [7, 11) is 1.80. The molecule has 0 amide bonds. The molecule has 1 aromatic carbocycles. The zero-order valence-corrected chi connectivity index (χ0v) is 14.2. The quantitative estimate of drug-likeness (QED) is 0.727. The third-order valence-corrected chi connectivity index (χ3v) is 4.67. The lowest BCUT2D eigenvalue weighted by Crippen LogP contribution is -2.29. The summed E-state index contributed by atoms with van der Waals surface area (Å²) >= 11 is 5.97. The van der Waals surface area contributed by atoms with Gasteiger partial charge in [-0.25, -0.2) is 0 Å². The summed E-state index contributed by atoms with van der Waals surface area (Å²) in [6.45, 7) is 5.44. The fourth-order valence-corrected chi connectivity index (χ4v) is 2.63. The standard InChI is InChI=1S/C18H28ClNO/c1-18(2,21-3)11-10-15(13-20-17-8-9-17)12-14-4-6-16(19)7-5-14/h4-7,15,17,20H,8-13H2,1-3H3. The van der Waals surface area contributed by atoms with Crippen molar-refractivity contribution in [1.82, 2.24) is 5.32 Å². The van der Waals surface area contributed by atoms with Gasteiger partial charge in [0.15, 0.2) is 0 Å². The fourth-order valence-electron chi connectivity index (χ4n) is 2.50. The van der Waals surface area contributed by atoms with Crippen LogP contribution in [0.4, 0.5) is 0 Å². The van der Waals surface area contributed by atoms with Gasteiger partial charge in [-0.3, -0.25) is 0 Å². The average molecular weight is 310 g/mol. The van der Waals surface area contributed by atoms with Crippen LogP contribution in [0.3, 0.4) is 0 Å². The van der Waals surface area contributed by atoms with Crippen LogP contribution >= 0.6 is 11.6 Å². The second-order valence-electron chi connectivity index (χ2n) is 6.88. The van der Waals surface area contributed by atoms with E-state index in [1.54, 1.807) is 7.11 Å². The van der Waals surface area contributed by atoms with Gasteiger partial charge in [-0.05, 0) is 76.1 Å². The molecule has 0 aromatic heterocycles. The number of methoxy groups -OCH3 is 1. The monoisotopic (exact) mass is 309 g/mol. The van der Waals surface area contributed by atoms with Gasteiger partial charge < -0.3 is 10.1 Å². The normalized spacial score (nSPS) is 17.0. The molecule has 1 fully saturated rings. The van der Waals surface area contributed by atoms with Crippen LogP contribution in [0, 0.1) is 5.92 Å². The van der Waals surface area contributed by atoms with Crippen molar-refractivity contribution < 1.29 is 4.74 Å². The Morgan fingerprint density at radius 1 is 1.29 bits per heavy atom. The van der Waals surface area contributed by atoms with E-state index in [1.165, 1.54) is 24.8 Å². The Labute approximate surface area is 134 Å². The first-order valence-electron chi connectivity index (χ1n) is 8.01. The highest BCUT2D eigenvalue weighted by Gasteiger charge is 2.24. The van der Waals surface area contributed by atoms with Crippen molar-refractivity contribution in [2.45, 2.75) is 57.6 Å². The van der Waals surface area contributed by atoms with Gasteiger partial charge in [-0.1, -0.05) is 23.7 Å². The molecule has 1 unspecified atom stereocenters. The minimum Gasteiger partial charge on any atom is -0.379 e. The van der Waals surface area contributed by atoms with E-state index < -0.39 is 0 Å². The van der Waals surface area contributed by atoms with Gasteiger partial charge in [0.25, 0.3) is 0 Å². The maximum atomic E-state index is 5.97. The molecule has 3 heteroatoms. The smallest absolute Gasteiger partial charge is 0.0622 e. The van der Waals surface area contributed by atoms with Gasteiger partial charge >= 0.3 is 0 Å². The van der Waals surface area contributed by atoms with Crippen molar-refractivity contribution in [3.05, 3.63) is 34.9 Å². The molecular weight excluding hydrogens is 282 g/mol. The van der Waals surface area contributed by atoms with E-state index >= 15 is 0 Å². The minimum atomic E-state index is -0.0299. The fraction of sp³-hybridized carbons (Fsp3) is 0.667. The Kier molecular flexibility index (Phi) is 6.09. The topological polar surface area (TPSA) is 21.3 Å². The first kappa shape index (κ1) is 16.8.